The lowest BCUT2D eigenvalue weighted by Gasteiger charge is -2.15. The molecule has 1 unspecified atom stereocenters. The molecule has 0 fully saturated rings. The molecule has 0 bridgehead atoms. The van der Waals surface area contributed by atoms with Crippen molar-refractivity contribution >= 4 is 17.0 Å². The van der Waals surface area contributed by atoms with Crippen molar-refractivity contribution in [2.24, 2.45) is 0 Å². The van der Waals surface area contributed by atoms with Crippen LogP contribution >= 0.6 is 0 Å². The zero-order valence-corrected chi connectivity index (χ0v) is 12.8. The van der Waals surface area contributed by atoms with Crippen LogP contribution in [0.5, 0.6) is 0 Å². The van der Waals surface area contributed by atoms with Gasteiger partial charge in [0, 0.05) is 11.6 Å². The van der Waals surface area contributed by atoms with Gasteiger partial charge in [-0.15, -0.1) is 10.2 Å². The Bertz CT molecular complexity index is 840. The van der Waals surface area contributed by atoms with Gasteiger partial charge in [-0.25, -0.2) is 4.79 Å². The zero-order valence-electron chi connectivity index (χ0n) is 12.8. The van der Waals surface area contributed by atoms with Gasteiger partial charge in [-0.3, -0.25) is 0 Å². The average molecular weight is 307 g/mol. The molecule has 0 aliphatic rings. The molecule has 1 atom stereocenters. The van der Waals surface area contributed by atoms with Crippen LogP contribution in [-0.4, -0.2) is 21.0 Å². The van der Waals surface area contributed by atoms with E-state index < -0.39 is 5.97 Å². The van der Waals surface area contributed by atoms with Crippen LogP contribution in [0.1, 0.15) is 25.0 Å². The number of hydrogen-bond donors (Lipinski definition) is 0. The number of rotatable bonds is 5. The van der Waals surface area contributed by atoms with Crippen molar-refractivity contribution in [3.8, 4) is 5.69 Å². The minimum Gasteiger partial charge on any atom is -0.454 e. The Balaban J connectivity index is 2.06. The van der Waals surface area contributed by atoms with E-state index in [1.54, 1.807) is 4.80 Å². The minimum absolute atomic E-state index is 0.370. The van der Waals surface area contributed by atoms with Gasteiger partial charge >= 0.3 is 5.97 Å². The molecule has 5 heteroatoms. The number of hydrogen-bond acceptors (Lipinski definition) is 4. The molecular weight excluding hydrogens is 290 g/mol. The minimum atomic E-state index is -0.440. The highest BCUT2D eigenvalue weighted by atomic mass is 16.5. The molecule has 2 aromatic carbocycles. The van der Waals surface area contributed by atoms with E-state index >= 15 is 0 Å². The van der Waals surface area contributed by atoms with Gasteiger partial charge in [0.15, 0.2) is 0 Å². The third kappa shape index (κ3) is 2.99. The molecule has 0 N–H and O–H groups in total. The lowest BCUT2D eigenvalue weighted by Crippen LogP contribution is -2.09. The molecule has 0 spiro atoms. The van der Waals surface area contributed by atoms with Crippen LogP contribution in [0.2, 0.25) is 0 Å². The van der Waals surface area contributed by atoms with Gasteiger partial charge < -0.3 is 4.74 Å². The van der Waals surface area contributed by atoms with Crippen LogP contribution in [0, 0.1) is 0 Å². The fourth-order valence-electron chi connectivity index (χ4n) is 2.45. The number of esters is 1. The predicted octanol–water partition coefficient (Wildman–Crippen LogP) is 3.60. The summed E-state index contributed by atoms with van der Waals surface area (Å²) in [4.78, 5) is 13.1. The Morgan fingerprint density at radius 1 is 1.22 bits per heavy atom. The lowest BCUT2D eigenvalue weighted by atomic mass is 10.1. The number of fused-ring (bicyclic) bond motifs is 1. The molecule has 0 aliphatic heterocycles. The summed E-state index contributed by atoms with van der Waals surface area (Å²) in [5.41, 5.74) is 3.23. The van der Waals surface area contributed by atoms with E-state index in [1.165, 1.54) is 6.08 Å². The highest BCUT2D eigenvalue weighted by Crippen LogP contribution is 2.27. The molecule has 23 heavy (non-hydrogen) atoms. The number of ether oxygens (including phenoxy) is 1. The van der Waals surface area contributed by atoms with E-state index in [1.807, 2.05) is 55.5 Å². The monoisotopic (exact) mass is 307 g/mol. The normalized spacial score (nSPS) is 12.0. The molecular formula is C18H17N3O2. The highest BCUT2D eigenvalue weighted by molar-refractivity contribution is 5.82. The van der Waals surface area contributed by atoms with E-state index in [2.05, 4.69) is 16.8 Å². The molecule has 5 nitrogen and oxygen atoms in total. The van der Waals surface area contributed by atoms with Gasteiger partial charge in [0.05, 0.1) is 5.69 Å². The summed E-state index contributed by atoms with van der Waals surface area (Å²) < 4.78 is 5.42. The zero-order chi connectivity index (χ0) is 16.2. The maximum Gasteiger partial charge on any atom is 0.330 e. The quantitative estimate of drug-likeness (QED) is 0.534. The molecule has 3 aromatic rings. The molecule has 0 saturated carbocycles. The molecule has 0 radical (unpaired) electrons. The Kier molecular flexibility index (Phi) is 4.19. The summed E-state index contributed by atoms with van der Waals surface area (Å²) in [6.45, 7) is 5.40. The van der Waals surface area contributed by atoms with Crippen molar-refractivity contribution in [3.05, 3.63) is 66.7 Å². The first-order chi connectivity index (χ1) is 11.2. The van der Waals surface area contributed by atoms with Crippen LogP contribution in [0.4, 0.5) is 0 Å². The fraction of sp³-hybridized carbons (Fsp3) is 0.167. The standard InChI is InChI=1S/C18H17N3O2/c1-3-16(23-17(22)4-2)14-11-8-12-15-18(14)20-21(19-15)13-9-6-5-7-10-13/h4-12,16H,2-3H2,1H3. The predicted molar refractivity (Wildman–Crippen MR) is 88.2 cm³/mol. The van der Waals surface area contributed by atoms with Gasteiger partial charge in [0.1, 0.15) is 17.1 Å². The second-order valence-electron chi connectivity index (χ2n) is 5.08. The first kappa shape index (κ1) is 15.0. The first-order valence-electron chi connectivity index (χ1n) is 7.47. The average Bonchev–Trinajstić information content (AvgIpc) is 3.04. The molecule has 0 amide bonds. The molecule has 1 heterocycles. The number of aromatic nitrogens is 3. The number of carbonyl (C=O) groups excluding carboxylic acids is 1. The fourth-order valence-corrected chi connectivity index (χ4v) is 2.45. The largest absolute Gasteiger partial charge is 0.454 e. The van der Waals surface area contributed by atoms with E-state index in [0.717, 1.165) is 22.3 Å². The van der Waals surface area contributed by atoms with Gasteiger partial charge in [0.25, 0.3) is 0 Å². The van der Waals surface area contributed by atoms with Crippen LogP contribution in [0.3, 0.4) is 0 Å². The van der Waals surface area contributed by atoms with Gasteiger partial charge in [-0.2, -0.15) is 4.80 Å². The van der Waals surface area contributed by atoms with Gasteiger partial charge in [0.2, 0.25) is 0 Å². The highest BCUT2D eigenvalue weighted by Gasteiger charge is 2.19. The van der Waals surface area contributed by atoms with E-state index in [-0.39, 0.29) is 6.10 Å². The number of nitrogens with zero attached hydrogens (tertiary/aromatic N) is 3. The molecule has 1 aromatic heterocycles. The number of benzene rings is 2. The Morgan fingerprint density at radius 2 is 2.00 bits per heavy atom. The van der Waals surface area contributed by atoms with Crippen LogP contribution in [0.25, 0.3) is 16.7 Å². The summed E-state index contributed by atoms with van der Waals surface area (Å²) in [7, 11) is 0. The van der Waals surface area contributed by atoms with Crippen LogP contribution in [0.15, 0.2) is 61.2 Å². The van der Waals surface area contributed by atoms with E-state index in [9.17, 15) is 4.79 Å². The second-order valence-corrected chi connectivity index (χ2v) is 5.08. The molecule has 116 valence electrons. The Labute approximate surface area is 134 Å². The lowest BCUT2D eigenvalue weighted by molar-refractivity contribution is -0.143. The molecule has 3 rings (SSSR count). The maximum absolute atomic E-state index is 11.5. The van der Waals surface area contributed by atoms with Gasteiger partial charge in [-0.05, 0) is 24.6 Å². The van der Waals surface area contributed by atoms with Crippen molar-refractivity contribution < 1.29 is 9.53 Å². The third-order valence-corrected chi connectivity index (χ3v) is 3.57. The van der Waals surface area contributed by atoms with Crippen LogP contribution in [-0.2, 0) is 9.53 Å². The van der Waals surface area contributed by atoms with Gasteiger partial charge in [-0.1, -0.05) is 43.8 Å². The van der Waals surface area contributed by atoms with Crippen LogP contribution < -0.4 is 0 Å². The SMILES string of the molecule is C=CC(=O)OC(CC)c1cccc2nn(-c3ccccc3)nc12. The Morgan fingerprint density at radius 3 is 2.70 bits per heavy atom. The van der Waals surface area contributed by atoms with Crippen molar-refractivity contribution in [2.45, 2.75) is 19.4 Å². The van der Waals surface area contributed by atoms with Crippen molar-refractivity contribution in [1.29, 1.82) is 0 Å². The van der Waals surface area contributed by atoms with E-state index in [4.69, 9.17) is 4.74 Å². The Hall–Kier alpha value is -2.95. The summed E-state index contributed by atoms with van der Waals surface area (Å²) in [6, 6.07) is 15.4. The number of para-hydroxylation sites is 1. The van der Waals surface area contributed by atoms with Crippen molar-refractivity contribution in [3.63, 3.8) is 0 Å². The molecule has 0 saturated heterocycles. The van der Waals surface area contributed by atoms with E-state index in [0.29, 0.717) is 6.42 Å². The maximum atomic E-state index is 11.5. The topological polar surface area (TPSA) is 57.0 Å². The summed E-state index contributed by atoms with van der Waals surface area (Å²) in [5, 5.41) is 9.08. The summed E-state index contributed by atoms with van der Waals surface area (Å²) in [6.07, 6.45) is 1.45. The number of carbonyl (C=O) groups is 1. The third-order valence-electron chi connectivity index (χ3n) is 3.57. The first-order valence-corrected chi connectivity index (χ1v) is 7.47. The summed E-state index contributed by atoms with van der Waals surface area (Å²) in [5.74, 6) is -0.440. The summed E-state index contributed by atoms with van der Waals surface area (Å²) >= 11 is 0. The van der Waals surface area contributed by atoms with Crippen molar-refractivity contribution in [2.75, 3.05) is 0 Å². The van der Waals surface area contributed by atoms with Crippen molar-refractivity contribution in [1.82, 2.24) is 15.0 Å². The molecule has 0 aliphatic carbocycles. The smallest absolute Gasteiger partial charge is 0.330 e. The second kappa shape index (κ2) is 6.44.